The minimum absolute atomic E-state index is 0.0126. The molecule has 1 spiro atoms. The molecule has 1 amide bonds. The third-order valence-corrected chi connectivity index (χ3v) is 6.27. The monoisotopic (exact) mass is 409 g/mol. The molecule has 3 rings (SSSR count). The van der Waals surface area contributed by atoms with Crippen molar-refractivity contribution < 1.29 is 14.3 Å². The standard InChI is InChI=1S/C21H39N5O3/c1-25(2)19(27)17-23-20(22-9-5-10-26-11-14-28-15-12-26)24-18-6-13-29-21(16-18)7-3-4-8-21/h18H,3-17H2,1-2H3,(H2,22,23,24). The van der Waals surface area contributed by atoms with E-state index in [4.69, 9.17) is 9.47 Å². The van der Waals surface area contributed by atoms with E-state index in [2.05, 4.69) is 20.5 Å². The molecule has 166 valence electrons. The molecule has 0 bridgehead atoms. The van der Waals surface area contributed by atoms with Crippen LogP contribution >= 0.6 is 0 Å². The van der Waals surface area contributed by atoms with Crippen molar-refractivity contribution in [1.82, 2.24) is 20.4 Å². The molecule has 29 heavy (non-hydrogen) atoms. The maximum absolute atomic E-state index is 12.0. The summed E-state index contributed by atoms with van der Waals surface area (Å²) < 4.78 is 11.6. The Bertz CT molecular complexity index is 542. The number of aliphatic imine (C=N–C) groups is 1. The molecule has 3 aliphatic rings. The zero-order chi connectivity index (χ0) is 20.5. The predicted molar refractivity (Wildman–Crippen MR) is 114 cm³/mol. The Hall–Kier alpha value is -1.38. The molecule has 2 heterocycles. The van der Waals surface area contributed by atoms with Crippen molar-refractivity contribution in [2.45, 2.75) is 56.6 Å². The number of nitrogens with zero attached hydrogens (tertiary/aromatic N) is 3. The Morgan fingerprint density at radius 3 is 2.69 bits per heavy atom. The maximum atomic E-state index is 12.0. The van der Waals surface area contributed by atoms with Gasteiger partial charge in [0.25, 0.3) is 0 Å². The van der Waals surface area contributed by atoms with Gasteiger partial charge in [-0.15, -0.1) is 0 Å². The second-order valence-corrected chi connectivity index (χ2v) is 8.76. The Morgan fingerprint density at radius 1 is 1.21 bits per heavy atom. The second-order valence-electron chi connectivity index (χ2n) is 8.76. The van der Waals surface area contributed by atoms with Crippen LogP contribution < -0.4 is 10.6 Å². The van der Waals surface area contributed by atoms with Crippen LogP contribution in [0.2, 0.25) is 0 Å². The van der Waals surface area contributed by atoms with Crippen molar-refractivity contribution in [3.63, 3.8) is 0 Å². The van der Waals surface area contributed by atoms with Crippen molar-refractivity contribution in [3.05, 3.63) is 0 Å². The van der Waals surface area contributed by atoms with Crippen molar-refractivity contribution in [3.8, 4) is 0 Å². The van der Waals surface area contributed by atoms with Gasteiger partial charge in [-0.25, -0.2) is 4.99 Å². The fourth-order valence-corrected chi connectivity index (χ4v) is 4.49. The van der Waals surface area contributed by atoms with Crippen molar-refractivity contribution >= 4 is 11.9 Å². The molecular weight excluding hydrogens is 370 g/mol. The predicted octanol–water partition coefficient (Wildman–Crippen LogP) is 0.824. The van der Waals surface area contributed by atoms with Gasteiger partial charge in [0.15, 0.2) is 5.96 Å². The van der Waals surface area contributed by atoms with E-state index in [0.717, 1.165) is 71.2 Å². The number of morpholine rings is 1. The molecule has 0 radical (unpaired) electrons. The summed E-state index contributed by atoms with van der Waals surface area (Å²) in [5, 5.41) is 7.04. The average Bonchev–Trinajstić information content (AvgIpc) is 3.17. The first kappa shape index (κ1) is 22.3. The molecule has 1 unspecified atom stereocenters. The minimum atomic E-state index is 0.0126. The zero-order valence-electron chi connectivity index (χ0n) is 18.3. The summed E-state index contributed by atoms with van der Waals surface area (Å²) in [6.07, 6.45) is 7.93. The van der Waals surface area contributed by atoms with E-state index < -0.39 is 0 Å². The summed E-state index contributed by atoms with van der Waals surface area (Å²) >= 11 is 0. The molecular formula is C21H39N5O3. The number of nitrogens with one attached hydrogen (secondary N) is 2. The Labute approximate surface area is 175 Å². The molecule has 0 aromatic heterocycles. The van der Waals surface area contributed by atoms with Gasteiger partial charge in [0, 0.05) is 46.4 Å². The first-order chi connectivity index (χ1) is 14.1. The van der Waals surface area contributed by atoms with E-state index in [9.17, 15) is 4.79 Å². The lowest BCUT2D eigenvalue weighted by Crippen LogP contribution is -2.51. The first-order valence-corrected chi connectivity index (χ1v) is 11.3. The fraction of sp³-hybridized carbons (Fsp3) is 0.905. The third kappa shape index (κ3) is 7.12. The van der Waals surface area contributed by atoms with E-state index >= 15 is 0 Å². The van der Waals surface area contributed by atoms with Crippen LogP contribution in [-0.4, -0.2) is 99.9 Å². The van der Waals surface area contributed by atoms with E-state index in [-0.39, 0.29) is 18.1 Å². The van der Waals surface area contributed by atoms with Crippen LogP contribution in [0.15, 0.2) is 4.99 Å². The number of carbonyl (C=O) groups is 1. The van der Waals surface area contributed by atoms with Crippen LogP contribution in [0, 0.1) is 0 Å². The van der Waals surface area contributed by atoms with E-state index in [1.54, 1.807) is 19.0 Å². The summed E-state index contributed by atoms with van der Waals surface area (Å²) in [5.41, 5.74) is 0.0663. The number of carbonyl (C=O) groups excluding carboxylic acids is 1. The summed E-state index contributed by atoms with van der Waals surface area (Å²) in [5.74, 6) is 0.765. The highest BCUT2D eigenvalue weighted by Crippen LogP contribution is 2.39. The summed E-state index contributed by atoms with van der Waals surface area (Å²) in [6, 6.07) is 0.349. The Kier molecular flexibility index (Phi) is 8.56. The van der Waals surface area contributed by atoms with Crippen LogP contribution in [0.1, 0.15) is 44.9 Å². The lowest BCUT2D eigenvalue weighted by molar-refractivity contribution is -0.127. The molecule has 1 atom stereocenters. The smallest absolute Gasteiger partial charge is 0.243 e. The number of hydrogen-bond donors (Lipinski definition) is 2. The number of likely N-dealkylation sites (N-methyl/N-ethyl adjacent to an activating group) is 1. The molecule has 2 aliphatic heterocycles. The van der Waals surface area contributed by atoms with Crippen LogP contribution in [0.25, 0.3) is 0 Å². The summed E-state index contributed by atoms with van der Waals surface area (Å²) in [4.78, 5) is 20.6. The SMILES string of the molecule is CN(C)C(=O)CN=C(NCCCN1CCOCC1)NC1CCOC2(CCCC2)C1. The number of hydrogen-bond acceptors (Lipinski definition) is 5. The fourth-order valence-electron chi connectivity index (χ4n) is 4.49. The summed E-state index contributed by atoms with van der Waals surface area (Å²) in [7, 11) is 3.53. The van der Waals surface area contributed by atoms with Gasteiger partial charge in [0.2, 0.25) is 5.91 Å². The molecule has 1 saturated carbocycles. The minimum Gasteiger partial charge on any atom is -0.379 e. The average molecular weight is 410 g/mol. The Balaban J connectivity index is 1.49. The van der Waals surface area contributed by atoms with E-state index in [0.29, 0.717) is 6.04 Å². The van der Waals surface area contributed by atoms with Gasteiger partial charge in [0.1, 0.15) is 6.54 Å². The van der Waals surface area contributed by atoms with E-state index in [1.165, 1.54) is 25.7 Å². The molecule has 2 N–H and O–H groups in total. The second kappa shape index (κ2) is 11.1. The van der Waals surface area contributed by atoms with Gasteiger partial charge in [-0.05, 0) is 38.6 Å². The van der Waals surface area contributed by atoms with Gasteiger partial charge < -0.3 is 25.0 Å². The van der Waals surface area contributed by atoms with Crippen LogP contribution in [0.3, 0.4) is 0 Å². The van der Waals surface area contributed by atoms with Gasteiger partial charge in [0.05, 0.1) is 18.8 Å². The number of rotatable bonds is 7. The number of ether oxygens (including phenoxy) is 2. The van der Waals surface area contributed by atoms with Crippen molar-refractivity contribution in [2.24, 2.45) is 4.99 Å². The number of amides is 1. The number of guanidine groups is 1. The highest BCUT2D eigenvalue weighted by Gasteiger charge is 2.40. The first-order valence-electron chi connectivity index (χ1n) is 11.3. The molecule has 8 nitrogen and oxygen atoms in total. The zero-order valence-corrected chi connectivity index (χ0v) is 18.3. The van der Waals surface area contributed by atoms with Crippen LogP contribution in [0.5, 0.6) is 0 Å². The topological polar surface area (TPSA) is 78.4 Å². The maximum Gasteiger partial charge on any atom is 0.243 e. The molecule has 2 saturated heterocycles. The van der Waals surface area contributed by atoms with Gasteiger partial charge in [-0.3, -0.25) is 9.69 Å². The van der Waals surface area contributed by atoms with Gasteiger partial charge in [-0.1, -0.05) is 12.8 Å². The molecule has 0 aromatic rings. The quantitative estimate of drug-likeness (QED) is 0.368. The van der Waals surface area contributed by atoms with Crippen LogP contribution in [0.4, 0.5) is 0 Å². The highest BCUT2D eigenvalue weighted by atomic mass is 16.5. The third-order valence-electron chi connectivity index (χ3n) is 6.27. The lowest BCUT2D eigenvalue weighted by atomic mass is 9.89. The lowest BCUT2D eigenvalue weighted by Gasteiger charge is -2.39. The highest BCUT2D eigenvalue weighted by molar-refractivity contribution is 5.84. The van der Waals surface area contributed by atoms with Crippen molar-refractivity contribution in [2.75, 3.05) is 66.6 Å². The molecule has 1 aliphatic carbocycles. The van der Waals surface area contributed by atoms with Crippen LogP contribution in [-0.2, 0) is 14.3 Å². The van der Waals surface area contributed by atoms with Gasteiger partial charge >= 0.3 is 0 Å². The Morgan fingerprint density at radius 2 is 1.97 bits per heavy atom. The van der Waals surface area contributed by atoms with E-state index in [1.807, 2.05) is 0 Å². The molecule has 0 aromatic carbocycles. The van der Waals surface area contributed by atoms with Crippen molar-refractivity contribution in [1.29, 1.82) is 0 Å². The molecule has 3 fully saturated rings. The van der Waals surface area contributed by atoms with Gasteiger partial charge in [-0.2, -0.15) is 0 Å². The largest absolute Gasteiger partial charge is 0.379 e. The normalized spacial score (nSPS) is 25.2. The summed E-state index contributed by atoms with van der Waals surface area (Å²) in [6.45, 7) is 6.56. The molecule has 8 heteroatoms.